The summed E-state index contributed by atoms with van der Waals surface area (Å²) in [6, 6.07) is 23.4. The first-order valence-electron chi connectivity index (χ1n) is 16.0. The van der Waals surface area contributed by atoms with Crippen LogP contribution in [-0.4, -0.2) is 61.9 Å². The van der Waals surface area contributed by atoms with E-state index in [0.29, 0.717) is 46.1 Å². The maximum Gasteiger partial charge on any atom is 0.415 e. The third-order valence-electron chi connectivity index (χ3n) is 8.21. The Hall–Kier alpha value is -4.23. The zero-order valence-corrected chi connectivity index (χ0v) is 29.9. The lowest BCUT2D eigenvalue weighted by molar-refractivity contribution is -1.15. The first-order valence-corrected chi connectivity index (χ1v) is 17.3. The van der Waals surface area contributed by atoms with Crippen LogP contribution in [0.3, 0.4) is 0 Å². The fourth-order valence-corrected chi connectivity index (χ4v) is 6.61. The summed E-state index contributed by atoms with van der Waals surface area (Å²) in [7, 11) is 6.30. The molecule has 0 saturated carbocycles. The molecule has 0 spiro atoms. The highest BCUT2D eigenvalue weighted by atomic mass is 35.5. The molecule has 4 aromatic carbocycles. The summed E-state index contributed by atoms with van der Waals surface area (Å²) in [5.74, 6) is 2.40. The zero-order valence-electron chi connectivity index (χ0n) is 28.3. The molecule has 2 atom stereocenters. The molecule has 2 unspecified atom stereocenters. The molecule has 12 heteroatoms. The van der Waals surface area contributed by atoms with Crippen molar-refractivity contribution in [3.05, 3.63) is 118 Å². The van der Waals surface area contributed by atoms with Crippen LogP contribution in [0.4, 0.5) is 0 Å². The zero-order chi connectivity index (χ0) is 35.7. The van der Waals surface area contributed by atoms with Crippen molar-refractivity contribution in [1.29, 1.82) is 0 Å². The fraction of sp³-hybridized carbons (Fsp3) is 0.289. The first-order chi connectivity index (χ1) is 24.2. The number of methoxy groups -OCH3 is 4. The van der Waals surface area contributed by atoms with Gasteiger partial charge in [0, 0.05) is 26.0 Å². The molecule has 1 aliphatic rings. The van der Waals surface area contributed by atoms with Gasteiger partial charge >= 0.3 is 5.91 Å². The van der Waals surface area contributed by atoms with Crippen molar-refractivity contribution in [1.82, 2.24) is 0 Å². The third-order valence-corrected chi connectivity index (χ3v) is 9.44. The Balaban J connectivity index is 1.39. The number of allylic oxidation sites excluding steroid dienone is 1. The maximum absolute atomic E-state index is 12.8. The van der Waals surface area contributed by atoms with E-state index < -0.39 is 10.7 Å². The van der Waals surface area contributed by atoms with E-state index in [1.807, 2.05) is 48.5 Å². The van der Waals surface area contributed by atoms with Crippen LogP contribution in [0.5, 0.6) is 28.7 Å². The van der Waals surface area contributed by atoms with E-state index in [2.05, 4.69) is 0 Å². The van der Waals surface area contributed by atoms with Gasteiger partial charge in [-0.2, -0.15) is 10.4 Å². The molecule has 4 aromatic rings. The second kappa shape index (κ2) is 17.1. The van der Waals surface area contributed by atoms with Gasteiger partial charge in [-0.25, -0.2) is 4.79 Å². The number of rotatable bonds is 15. The number of benzene rings is 4. The summed E-state index contributed by atoms with van der Waals surface area (Å²) in [6.07, 6.45) is 3.74. The Kier molecular flexibility index (Phi) is 12.7. The smallest absolute Gasteiger partial charge is 0.415 e. The Morgan fingerprint density at radius 1 is 0.840 bits per heavy atom. The van der Waals surface area contributed by atoms with Crippen LogP contribution < -0.4 is 23.7 Å². The lowest BCUT2D eigenvalue weighted by Crippen LogP contribution is -2.41. The number of amides is 1. The predicted octanol–water partition coefficient (Wildman–Crippen LogP) is 8.63. The van der Waals surface area contributed by atoms with E-state index in [4.69, 9.17) is 40.0 Å². The predicted molar refractivity (Wildman–Crippen MR) is 190 cm³/mol. The normalized spacial score (nSPS) is 16.0. The number of hydrogen-bond donors (Lipinski definition) is 2. The number of quaternary nitrogens is 1. The van der Waals surface area contributed by atoms with Crippen LogP contribution in [0.2, 0.25) is 5.02 Å². The SMILES string of the molecule is COc1cc(C2CCC(c3cc(OC)c(OC)c(OC)c3)O2)cc(C/C=C/[N+](O)(O)C(=O)c2ccccc2)c1OCCSc1ccc(Cl)cc1. The van der Waals surface area contributed by atoms with Crippen molar-refractivity contribution in [2.75, 3.05) is 40.8 Å². The molecule has 264 valence electrons. The van der Waals surface area contributed by atoms with Gasteiger partial charge in [-0.15, -0.1) is 11.8 Å². The van der Waals surface area contributed by atoms with Gasteiger partial charge in [-0.3, -0.25) is 0 Å². The molecule has 5 rings (SSSR count). The van der Waals surface area contributed by atoms with Crippen molar-refractivity contribution in [3.63, 3.8) is 0 Å². The van der Waals surface area contributed by atoms with E-state index in [-0.39, 0.29) is 24.2 Å². The minimum Gasteiger partial charge on any atom is -0.493 e. The molecule has 1 amide bonds. The summed E-state index contributed by atoms with van der Waals surface area (Å²) >= 11 is 7.66. The van der Waals surface area contributed by atoms with E-state index >= 15 is 0 Å². The highest BCUT2D eigenvalue weighted by Crippen LogP contribution is 2.47. The van der Waals surface area contributed by atoms with Gasteiger partial charge in [-0.05, 0) is 97.1 Å². The van der Waals surface area contributed by atoms with Crippen molar-refractivity contribution >= 4 is 29.3 Å². The van der Waals surface area contributed by atoms with Crippen molar-refractivity contribution < 1.29 is 48.4 Å². The molecule has 10 nitrogen and oxygen atoms in total. The minimum atomic E-state index is -1.93. The third kappa shape index (κ3) is 8.91. The number of hydrogen-bond acceptors (Lipinski definition) is 10. The van der Waals surface area contributed by atoms with E-state index in [0.717, 1.165) is 40.6 Å². The van der Waals surface area contributed by atoms with Crippen LogP contribution in [0, 0.1) is 0 Å². The maximum atomic E-state index is 12.8. The monoisotopic (exact) mass is 722 g/mol. The molecule has 0 aromatic heterocycles. The van der Waals surface area contributed by atoms with Gasteiger partial charge in [-0.1, -0.05) is 29.8 Å². The molecule has 0 aliphatic carbocycles. The van der Waals surface area contributed by atoms with Crippen molar-refractivity contribution in [2.45, 2.75) is 36.4 Å². The van der Waals surface area contributed by atoms with E-state index in [1.165, 1.54) is 18.2 Å². The van der Waals surface area contributed by atoms with Gasteiger partial charge < -0.3 is 28.4 Å². The van der Waals surface area contributed by atoms with Crippen molar-refractivity contribution in [3.8, 4) is 28.7 Å². The average molecular weight is 723 g/mol. The number of ether oxygens (including phenoxy) is 6. The lowest BCUT2D eigenvalue weighted by Gasteiger charge is -2.21. The average Bonchev–Trinajstić information content (AvgIpc) is 3.64. The topological polar surface area (TPSA) is 113 Å². The lowest BCUT2D eigenvalue weighted by atomic mass is 9.99. The first kappa shape index (κ1) is 37.0. The van der Waals surface area contributed by atoms with E-state index in [1.54, 1.807) is 58.4 Å². The largest absolute Gasteiger partial charge is 0.493 e. The summed E-state index contributed by atoms with van der Waals surface area (Å²) in [6.45, 7) is 0.370. The minimum absolute atomic E-state index is 0.160. The molecule has 2 N–H and O–H groups in total. The standard InChI is InChI=1S/C38H41ClNO9S/c1-44-33-22-27(31-16-17-32(49-31)28-23-34(45-2)37(47-4)35(24-28)46-3)21-26(36(33)48-19-20-50-30-14-12-29(39)13-15-30)11-8-18-40(42,43)38(41)25-9-6-5-7-10-25/h5-10,12-15,18,21-24,31-32,42-43H,11,16-17,19-20H2,1-4H3/q+1/b18-8+. The molecule has 1 heterocycles. The Morgan fingerprint density at radius 2 is 1.42 bits per heavy atom. The number of hydroxylamine groups is 4. The molecular formula is C38H41ClNO9S+. The molecule has 0 radical (unpaired) electrons. The molecule has 50 heavy (non-hydrogen) atoms. The van der Waals surface area contributed by atoms with E-state index in [9.17, 15) is 15.2 Å². The summed E-state index contributed by atoms with van der Waals surface area (Å²) in [4.78, 5) is 11.9. The second-order valence-corrected chi connectivity index (χ2v) is 13.0. The van der Waals surface area contributed by atoms with Crippen LogP contribution in [0.25, 0.3) is 0 Å². The molecular weight excluding hydrogens is 682 g/mol. The highest BCUT2D eigenvalue weighted by Gasteiger charge is 2.34. The number of carbonyl (C=O) groups excluding carboxylic acids is 1. The van der Waals surface area contributed by atoms with Gasteiger partial charge in [0.2, 0.25) is 5.75 Å². The Labute approximate surface area is 301 Å². The molecule has 0 bridgehead atoms. The highest BCUT2D eigenvalue weighted by molar-refractivity contribution is 7.99. The fourth-order valence-electron chi connectivity index (χ4n) is 5.75. The van der Waals surface area contributed by atoms with Gasteiger partial charge in [0.25, 0.3) is 0 Å². The summed E-state index contributed by atoms with van der Waals surface area (Å²) in [5, 5.41) is 21.9. The Bertz CT molecular complexity index is 1760. The number of thioether (sulfide) groups is 1. The van der Waals surface area contributed by atoms with Crippen LogP contribution >= 0.6 is 23.4 Å². The second-order valence-electron chi connectivity index (χ2n) is 11.4. The number of nitrogens with zero attached hydrogens (tertiary/aromatic N) is 1. The molecule has 1 aliphatic heterocycles. The van der Waals surface area contributed by atoms with Gasteiger partial charge in [0.1, 0.15) is 0 Å². The van der Waals surface area contributed by atoms with Gasteiger partial charge in [0.05, 0.1) is 52.8 Å². The molecule has 1 saturated heterocycles. The quantitative estimate of drug-likeness (QED) is 0.0407. The summed E-state index contributed by atoms with van der Waals surface area (Å²) in [5.41, 5.74) is 2.66. The number of halogens is 1. The van der Waals surface area contributed by atoms with Crippen LogP contribution in [0.1, 0.15) is 52.1 Å². The number of carbonyl (C=O) groups is 1. The summed E-state index contributed by atoms with van der Waals surface area (Å²) < 4.78 is 35.3. The van der Waals surface area contributed by atoms with Crippen LogP contribution in [-0.2, 0) is 11.2 Å². The Morgan fingerprint density at radius 3 is 2.00 bits per heavy atom. The molecule has 1 fully saturated rings. The van der Waals surface area contributed by atoms with Crippen LogP contribution in [0.15, 0.2) is 96.0 Å². The van der Waals surface area contributed by atoms with Crippen molar-refractivity contribution in [2.24, 2.45) is 0 Å². The van der Waals surface area contributed by atoms with Gasteiger partial charge in [0.15, 0.2) is 29.2 Å².